The van der Waals surface area contributed by atoms with E-state index in [4.69, 9.17) is 5.73 Å². The summed E-state index contributed by atoms with van der Waals surface area (Å²) in [6.45, 7) is 2.27. The van der Waals surface area contributed by atoms with Crippen molar-refractivity contribution in [2.45, 2.75) is 30.4 Å². The third-order valence-corrected chi connectivity index (χ3v) is 5.00. The predicted octanol–water partition coefficient (Wildman–Crippen LogP) is 4.38. The minimum absolute atomic E-state index is 0.170. The molecule has 0 aromatic heterocycles. The average molecular weight is 269 g/mol. The summed E-state index contributed by atoms with van der Waals surface area (Å²) in [4.78, 5) is 0. The summed E-state index contributed by atoms with van der Waals surface area (Å²) in [6.07, 6.45) is 1.07. The van der Waals surface area contributed by atoms with Crippen LogP contribution in [-0.2, 0) is 5.75 Å². The lowest BCUT2D eigenvalue weighted by Gasteiger charge is -2.15. The van der Waals surface area contributed by atoms with E-state index < -0.39 is 0 Å². The molecule has 0 bridgehead atoms. The Balaban J connectivity index is 2.02. The Morgan fingerprint density at radius 2 is 1.84 bits per heavy atom. The van der Waals surface area contributed by atoms with Gasteiger partial charge in [0, 0.05) is 17.0 Å². The summed E-state index contributed by atoms with van der Waals surface area (Å²) < 4.78 is 0. The van der Waals surface area contributed by atoms with E-state index in [2.05, 4.69) is 55.5 Å². The second kappa shape index (κ2) is 5.40. The molecule has 0 aliphatic carbocycles. The Morgan fingerprint density at radius 1 is 1.05 bits per heavy atom. The number of rotatable bonds is 1. The number of nitrogens with two attached hydrogens (primary N) is 1. The summed E-state index contributed by atoms with van der Waals surface area (Å²) in [7, 11) is 0. The van der Waals surface area contributed by atoms with E-state index in [1.807, 2.05) is 11.8 Å². The van der Waals surface area contributed by atoms with Gasteiger partial charge in [0.2, 0.25) is 0 Å². The van der Waals surface area contributed by atoms with E-state index >= 15 is 0 Å². The number of benzene rings is 2. The molecule has 3 rings (SSSR count). The summed E-state index contributed by atoms with van der Waals surface area (Å²) in [5.41, 5.74) is 11.6. The Morgan fingerprint density at radius 3 is 2.63 bits per heavy atom. The van der Waals surface area contributed by atoms with E-state index in [0.717, 1.165) is 12.2 Å². The molecule has 1 aliphatic rings. The van der Waals surface area contributed by atoms with Crippen molar-refractivity contribution in [1.82, 2.24) is 0 Å². The third kappa shape index (κ3) is 2.70. The molecule has 0 saturated heterocycles. The molecule has 2 atom stereocenters. The Bertz CT molecular complexity index is 565. The van der Waals surface area contributed by atoms with Crippen LogP contribution in [0.5, 0.6) is 0 Å². The van der Waals surface area contributed by atoms with Crippen molar-refractivity contribution in [3.05, 3.63) is 59.7 Å². The van der Waals surface area contributed by atoms with Crippen LogP contribution < -0.4 is 5.73 Å². The summed E-state index contributed by atoms with van der Waals surface area (Å²) in [5, 5.41) is 0.641. The van der Waals surface area contributed by atoms with Crippen LogP contribution >= 0.6 is 11.8 Å². The van der Waals surface area contributed by atoms with E-state index in [1.165, 1.54) is 22.3 Å². The van der Waals surface area contributed by atoms with Crippen molar-refractivity contribution >= 4 is 11.8 Å². The highest BCUT2D eigenvalue weighted by atomic mass is 32.2. The third-order valence-electron chi connectivity index (χ3n) is 3.76. The van der Waals surface area contributed by atoms with Crippen molar-refractivity contribution in [2.75, 3.05) is 0 Å². The lowest BCUT2D eigenvalue weighted by molar-refractivity contribution is 0.651. The molecule has 0 spiro atoms. The Labute approximate surface area is 119 Å². The first-order valence-electron chi connectivity index (χ1n) is 6.79. The van der Waals surface area contributed by atoms with Crippen LogP contribution in [0.15, 0.2) is 48.5 Å². The van der Waals surface area contributed by atoms with Gasteiger partial charge in [0.25, 0.3) is 0 Å². The van der Waals surface area contributed by atoms with Gasteiger partial charge in [-0.3, -0.25) is 0 Å². The van der Waals surface area contributed by atoms with Gasteiger partial charge in [-0.05, 0) is 34.7 Å². The first-order valence-corrected chi connectivity index (χ1v) is 7.84. The molecule has 1 nitrogen and oxygen atoms in total. The highest BCUT2D eigenvalue weighted by Gasteiger charge is 2.20. The number of hydrogen-bond donors (Lipinski definition) is 1. The molecule has 1 heterocycles. The quantitative estimate of drug-likeness (QED) is 0.831. The molecular weight excluding hydrogens is 250 g/mol. The van der Waals surface area contributed by atoms with Crippen molar-refractivity contribution in [1.29, 1.82) is 0 Å². The first-order chi connectivity index (χ1) is 9.24. The predicted molar refractivity (Wildman–Crippen MR) is 84.2 cm³/mol. The number of thioether (sulfide) groups is 1. The van der Waals surface area contributed by atoms with Crippen LogP contribution in [-0.4, -0.2) is 5.25 Å². The summed E-state index contributed by atoms with van der Waals surface area (Å²) >= 11 is 2.01. The van der Waals surface area contributed by atoms with Gasteiger partial charge < -0.3 is 5.73 Å². The summed E-state index contributed by atoms with van der Waals surface area (Å²) in [5.74, 6) is 1.08. The molecule has 0 saturated carbocycles. The van der Waals surface area contributed by atoms with Crippen molar-refractivity contribution in [2.24, 2.45) is 5.73 Å². The lowest BCUT2D eigenvalue weighted by atomic mass is 9.94. The van der Waals surface area contributed by atoms with Gasteiger partial charge in [0.15, 0.2) is 0 Å². The highest BCUT2D eigenvalue weighted by Crippen LogP contribution is 2.35. The molecule has 0 amide bonds. The maximum atomic E-state index is 6.37. The zero-order valence-electron chi connectivity index (χ0n) is 11.2. The Hall–Kier alpha value is -1.25. The minimum Gasteiger partial charge on any atom is -0.324 e. The largest absolute Gasteiger partial charge is 0.324 e. The first kappa shape index (κ1) is 12.8. The van der Waals surface area contributed by atoms with Crippen LogP contribution in [0.3, 0.4) is 0 Å². The normalized spacial score (nSPS) is 22.6. The van der Waals surface area contributed by atoms with Gasteiger partial charge in [0.1, 0.15) is 0 Å². The molecule has 1 unspecified atom stereocenters. The van der Waals surface area contributed by atoms with Gasteiger partial charge in [-0.2, -0.15) is 11.8 Å². The molecule has 2 aromatic rings. The zero-order chi connectivity index (χ0) is 13.2. The van der Waals surface area contributed by atoms with Crippen LogP contribution in [0.4, 0.5) is 0 Å². The fraction of sp³-hybridized carbons (Fsp3) is 0.294. The highest BCUT2D eigenvalue weighted by molar-refractivity contribution is 7.99. The Kier molecular flexibility index (Phi) is 3.63. The number of hydrogen-bond acceptors (Lipinski definition) is 2. The lowest BCUT2D eigenvalue weighted by Crippen LogP contribution is -2.14. The zero-order valence-corrected chi connectivity index (χ0v) is 12.0. The average Bonchev–Trinajstić information content (AvgIpc) is 2.59. The monoisotopic (exact) mass is 269 g/mol. The van der Waals surface area contributed by atoms with E-state index in [0.29, 0.717) is 5.25 Å². The molecule has 2 N–H and O–H groups in total. The molecule has 0 radical (unpaired) electrons. The number of fused-ring (bicyclic) bond motifs is 1. The van der Waals surface area contributed by atoms with Crippen LogP contribution in [0.2, 0.25) is 0 Å². The van der Waals surface area contributed by atoms with Crippen molar-refractivity contribution in [3.63, 3.8) is 0 Å². The van der Waals surface area contributed by atoms with E-state index in [9.17, 15) is 0 Å². The molecule has 19 heavy (non-hydrogen) atoms. The van der Waals surface area contributed by atoms with Gasteiger partial charge in [0.05, 0.1) is 0 Å². The standard InChI is InChI=1S/C17H19NS/c1-12-9-17(18)16-10-14(7-8-15(16)11-19-12)13-5-3-2-4-6-13/h2-8,10,12,17H,9,11,18H2,1H3/t12?,17-/m1/s1. The molecule has 1 aliphatic heterocycles. The van der Waals surface area contributed by atoms with E-state index in [-0.39, 0.29) is 6.04 Å². The fourth-order valence-electron chi connectivity index (χ4n) is 2.67. The second-order valence-corrected chi connectivity index (χ2v) is 6.67. The maximum absolute atomic E-state index is 6.37. The van der Waals surface area contributed by atoms with Crippen LogP contribution in [0, 0.1) is 0 Å². The topological polar surface area (TPSA) is 26.0 Å². The van der Waals surface area contributed by atoms with Crippen molar-refractivity contribution in [3.8, 4) is 11.1 Å². The molecule has 2 heteroatoms. The van der Waals surface area contributed by atoms with Crippen LogP contribution in [0.25, 0.3) is 11.1 Å². The molecular formula is C17H19NS. The molecule has 2 aromatic carbocycles. The molecule has 0 fully saturated rings. The van der Waals surface area contributed by atoms with Gasteiger partial charge in [-0.15, -0.1) is 0 Å². The van der Waals surface area contributed by atoms with Crippen molar-refractivity contribution < 1.29 is 0 Å². The second-order valence-electron chi connectivity index (χ2n) is 5.24. The van der Waals surface area contributed by atoms with Crippen LogP contribution in [0.1, 0.15) is 30.5 Å². The van der Waals surface area contributed by atoms with Gasteiger partial charge in [-0.25, -0.2) is 0 Å². The SMILES string of the molecule is CC1C[C@@H](N)c2cc(-c3ccccc3)ccc2CS1. The smallest absolute Gasteiger partial charge is 0.0308 e. The minimum atomic E-state index is 0.170. The maximum Gasteiger partial charge on any atom is 0.0308 e. The summed E-state index contributed by atoms with van der Waals surface area (Å²) in [6, 6.07) is 17.5. The van der Waals surface area contributed by atoms with Gasteiger partial charge in [-0.1, -0.05) is 49.4 Å². The fourth-order valence-corrected chi connectivity index (χ4v) is 3.74. The van der Waals surface area contributed by atoms with E-state index in [1.54, 1.807) is 0 Å². The van der Waals surface area contributed by atoms with Gasteiger partial charge >= 0.3 is 0 Å². The molecule has 98 valence electrons.